The molecule has 5 N–H and O–H groups in total. The van der Waals surface area contributed by atoms with Gasteiger partial charge in [-0.3, -0.25) is 24.2 Å². The van der Waals surface area contributed by atoms with Crippen LogP contribution < -0.4 is 45.5 Å². The molecular formula is C53H64N6O9S2. The van der Waals surface area contributed by atoms with Crippen LogP contribution in [0.5, 0.6) is 23.0 Å². The van der Waals surface area contributed by atoms with Crippen LogP contribution in [0, 0.1) is 0 Å². The number of benzene rings is 4. The van der Waals surface area contributed by atoms with Crippen LogP contribution in [0.3, 0.4) is 0 Å². The van der Waals surface area contributed by atoms with Gasteiger partial charge < -0.3 is 50.3 Å². The maximum Gasteiger partial charge on any atom is 0.260 e. The number of amides is 4. The van der Waals surface area contributed by atoms with E-state index in [9.17, 15) is 24.0 Å². The molecule has 15 nitrogen and oxygen atoms in total. The average Bonchev–Trinajstić information content (AvgIpc) is 3.65. The smallest absolute Gasteiger partial charge is 0.260 e. The largest absolute Gasteiger partial charge is 0.493 e. The Morgan fingerprint density at radius 2 is 1.63 bits per heavy atom. The second-order valence-electron chi connectivity index (χ2n) is 18.0. The van der Waals surface area contributed by atoms with Crippen molar-refractivity contribution < 1.29 is 42.9 Å². The quantitative estimate of drug-likeness (QED) is 0.0295. The molecule has 70 heavy (non-hydrogen) atoms. The number of ether oxygens (including phenoxy) is 4. The molecule has 0 saturated carbocycles. The molecule has 4 amide bonds. The number of hydrogen-bond donors (Lipinski definition) is 4. The number of fused-ring (bicyclic) bond motifs is 4. The van der Waals surface area contributed by atoms with Gasteiger partial charge in [0.15, 0.2) is 23.0 Å². The Labute approximate surface area is 418 Å². The van der Waals surface area contributed by atoms with Gasteiger partial charge in [0.1, 0.15) is 25.0 Å². The fraction of sp³-hybridized carbons (Fsp3) is 0.396. The first kappa shape index (κ1) is 52.9. The third-order valence-electron chi connectivity index (χ3n) is 11.8. The summed E-state index contributed by atoms with van der Waals surface area (Å²) < 4.78 is 23.9. The summed E-state index contributed by atoms with van der Waals surface area (Å²) in [7, 11) is 6.39. The van der Waals surface area contributed by atoms with Crippen LogP contribution in [-0.4, -0.2) is 78.5 Å². The topological polar surface area (TPSA) is 200 Å². The van der Waals surface area contributed by atoms with E-state index in [1.807, 2.05) is 48.2 Å². The third kappa shape index (κ3) is 14.1. The van der Waals surface area contributed by atoms with Gasteiger partial charge in [-0.1, -0.05) is 58.9 Å². The highest BCUT2D eigenvalue weighted by Crippen LogP contribution is 2.43. The van der Waals surface area contributed by atoms with Gasteiger partial charge >= 0.3 is 0 Å². The SMILES string of the molecule is C/C=C\CC=Nc1cc(OCc2cc(COc3cc4c(cc3OC)C(=O)N3c5ccccc5C[C@H]3CN4)cc(NC(=O)[C@H](C)NC(=O)CCC(C)(C)SSC(C)CCC(C)=O)c2)c(OC)cc1C(N)=O. The van der Waals surface area contributed by atoms with Gasteiger partial charge in [0.2, 0.25) is 11.8 Å². The Morgan fingerprint density at radius 1 is 0.943 bits per heavy atom. The summed E-state index contributed by atoms with van der Waals surface area (Å²) in [5.74, 6) is 0.0306. The number of ketones is 1. The molecule has 3 atom stereocenters. The number of carbonyl (C=O) groups excluding carboxylic acids is 5. The second kappa shape index (κ2) is 24.4. The number of methoxy groups -OCH3 is 2. The van der Waals surface area contributed by atoms with E-state index >= 15 is 0 Å². The normalized spacial score (nSPS) is 15.0. The van der Waals surface area contributed by atoms with Crippen molar-refractivity contribution >= 4 is 80.0 Å². The molecule has 4 aromatic carbocycles. The Kier molecular flexibility index (Phi) is 18.4. The minimum absolute atomic E-state index is 0.00636. The number of anilines is 3. The fourth-order valence-electron chi connectivity index (χ4n) is 7.96. The van der Waals surface area contributed by atoms with Crippen molar-refractivity contribution in [3.63, 3.8) is 0 Å². The highest BCUT2D eigenvalue weighted by molar-refractivity contribution is 8.77. The van der Waals surface area contributed by atoms with E-state index in [0.717, 1.165) is 24.1 Å². The molecule has 0 radical (unpaired) electrons. The first-order valence-electron chi connectivity index (χ1n) is 23.3. The Hall–Kier alpha value is -6.46. The molecule has 0 bridgehead atoms. The first-order chi connectivity index (χ1) is 33.5. The van der Waals surface area contributed by atoms with E-state index in [-0.39, 0.29) is 59.3 Å². The maximum absolute atomic E-state index is 14.1. The molecule has 0 aliphatic carbocycles. The number of nitrogens with two attached hydrogens (primary N) is 1. The van der Waals surface area contributed by atoms with Crippen molar-refractivity contribution in [2.24, 2.45) is 10.7 Å². The summed E-state index contributed by atoms with van der Waals surface area (Å²) in [6, 6.07) is 19.0. The monoisotopic (exact) mass is 992 g/mol. The number of nitrogens with zero attached hydrogens (tertiary/aromatic N) is 2. The van der Waals surface area contributed by atoms with Gasteiger partial charge in [-0.15, -0.1) is 0 Å². The fourth-order valence-corrected chi connectivity index (χ4v) is 10.6. The highest BCUT2D eigenvalue weighted by atomic mass is 33.1. The second-order valence-corrected chi connectivity index (χ2v) is 21.3. The van der Waals surface area contributed by atoms with Gasteiger partial charge in [-0.2, -0.15) is 0 Å². The van der Waals surface area contributed by atoms with Crippen molar-refractivity contribution in [2.75, 3.05) is 36.3 Å². The third-order valence-corrected chi connectivity index (χ3v) is 15.7. The van der Waals surface area contributed by atoms with Crippen LogP contribution in [0.1, 0.15) is 111 Å². The van der Waals surface area contributed by atoms with E-state index < -0.39 is 17.9 Å². The number of rotatable bonds is 24. The summed E-state index contributed by atoms with van der Waals surface area (Å²) in [5.41, 5.74) is 11.0. The predicted molar refractivity (Wildman–Crippen MR) is 281 cm³/mol. The molecule has 0 aromatic heterocycles. The molecule has 2 aliphatic rings. The Morgan fingerprint density at radius 3 is 2.30 bits per heavy atom. The van der Waals surface area contributed by atoms with E-state index in [2.05, 4.69) is 47.8 Å². The lowest BCUT2D eigenvalue weighted by Crippen LogP contribution is -2.42. The molecule has 17 heteroatoms. The zero-order valence-corrected chi connectivity index (χ0v) is 42.8. The zero-order chi connectivity index (χ0) is 50.5. The van der Waals surface area contributed by atoms with Crippen LogP contribution in [0.25, 0.3) is 0 Å². The van der Waals surface area contributed by atoms with Gasteiger partial charge in [0.25, 0.3) is 11.8 Å². The van der Waals surface area contributed by atoms with E-state index in [0.29, 0.717) is 82.1 Å². The summed E-state index contributed by atoms with van der Waals surface area (Å²) in [4.78, 5) is 71.1. The summed E-state index contributed by atoms with van der Waals surface area (Å²) in [6.07, 6.45) is 8.93. The van der Waals surface area contributed by atoms with Crippen LogP contribution in [-0.2, 0) is 34.0 Å². The number of para-hydroxylation sites is 1. The van der Waals surface area contributed by atoms with E-state index in [1.165, 1.54) is 20.3 Å². The van der Waals surface area contributed by atoms with E-state index in [4.69, 9.17) is 24.7 Å². The van der Waals surface area contributed by atoms with Crippen molar-refractivity contribution in [1.29, 1.82) is 0 Å². The molecule has 2 heterocycles. The lowest BCUT2D eigenvalue weighted by molar-refractivity contribution is -0.126. The van der Waals surface area contributed by atoms with Crippen LogP contribution in [0.4, 0.5) is 22.7 Å². The number of Topliss-reactive ketones (excluding diaryl/α,β-unsaturated/α-hetero) is 1. The molecule has 372 valence electrons. The molecule has 0 saturated heterocycles. The molecule has 0 fully saturated rings. The number of hydrogen-bond acceptors (Lipinski definition) is 13. The van der Waals surface area contributed by atoms with Crippen LogP contribution in [0.15, 0.2) is 83.9 Å². The van der Waals surface area contributed by atoms with Gasteiger partial charge in [0.05, 0.1) is 42.8 Å². The number of aliphatic imine (C=N–C) groups is 1. The van der Waals surface area contributed by atoms with Crippen LogP contribution >= 0.6 is 21.6 Å². The lowest BCUT2D eigenvalue weighted by atomic mass is 10.1. The Balaban J connectivity index is 1.21. The standard InChI is InChI=1S/C53H64N6O9S2/c1-9-10-13-20-55-42-27-47(45(65-7)25-40(42)50(54)62)67-30-35-21-36(23-38(22-35)58-51(63)34(4)57-49(61)18-19-53(5,6)70-69-33(3)17-16-32(2)60)31-68-48-28-43-41(26-46(48)66-8)52(64)59-39(29-56-43)24-37-14-11-12-15-44(37)59/h9-12,14-15,20-23,25-28,33-34,39,56H,13,16-19,24,29-31H2,1-8H3,(H2,54,62)(H,57,61)(H,58,63)/b10-9-,55-20?/t33?,34-,39-/m0/s1. The summed E-state index contributed by atoms with van der Waals surface area (Å²) >= 11 is 0. The van der Waals surface area contributed by atoms with E-state index in [1.54, 1.807) is 72.0 Å². The molecular weight excluding hydrogens is 929 g/mol. The average molecular weight is 993 g/mol. The minimum Gasteiger partial charge on any atom is -0.493 e. The summed E-state index contributed by atoms with van der Waals surface area (Å²) in [5, 5.41) is 9.57. The van der Waals surface area contributed by atoms with Gasteiger partial charge in [0, 0.05) is 65.5 Å². The van der Waals surface area contributed by atoms with Crippen molar-refractivity contribution in [2.45, 2.75) is 115 Å². The number of primary amides is 1. The van der Waals surface area contributed by atoms with Gasteiger partial charge in [-0.25, -0.2) is 0 Å². The molecule has 1 unspecified atom stereocenters. The van der Waals surface area contributed by atoms with Crippen LogP contribution in [0.2, 0.25) is 0 Å². The van der Waals surface area contributed by atoms with Crippen molar-refractivity contribution in [1.82, 2.24) is 5.32 Å². The molecule has 6 rings (SSSR count). The number of carbonyl (C=O) groups is 5. The number of nitrogens with one attached hydrogen (secondary N) is 3. The molecule has 0 spiro atoms. The lowest BCUT2D eigenvalue weighted by Gasteiger charge is -2.25. The molecule has 4 aromatic rings. The summed E-state index contributed by atoms with van der Waals surface area (Å²) in [6.45, 7) is 12.0. The predicted octanol–water partition coefficient (Wildman–Crippen LogP) is 9.77. The maximum atomic E-state index is 14.1. The molecule has 2 aliphatic heterocycles. The number of allylic oxidation sites excluding steroid dienone is 2. The minimum atomic E-state index is -0.868. The first-order valence-corrected chi connectivity index (χ1v) is 25.6. The van der Waals surface area contributed by atoms with Crippen molar-refractivity contribution in [3.05, 3.63) is 107 Å². The highest BCUT2D eigenvalue weighted by Gasteiger charge is 2.38. The van der Waals surface area contributed by atoms with Crippen molar-refractivity contribution in [3.8, 4) is 23.0 Å². The van der Waals surface area contributed by atoms with Gasteiger partial charge in [-0.05, 0) is 107 Å². The zero-order valence-electron chi connectivity index (χ0n) is 41.1. The Bertz CT molecular complexity index is 2640.